The van der Waals surface area contributed by atoms with Crippen molar-refractivity contribution in [2.75, 3.05) is 9.80 Å². The average Bonchev–Trinajstić information content (AvgIpc) is 1.46. The molecule has 4 aromatic heterocycles. The molecular weight excluding hydrogens is 1420 g/mol. The summed E-state index contributed by atoms with van der Waals surface area (Å²) in [4.78, 5) is 5.39. The number of hydrogen-bond acceptors (Lipinski definition) is 2. The van der Waals surface area contributed by atoms with Crippen LogP contribution in [-0.2, 0) is 27.1 Å². The molecule has 0 bridgehead atoms. The Kier molecular flexibility index (Phi) is 15.9. The Bertz CT molecular complexity index is 7080. The fraction of sp³-hybridized carbons (Fsp3) is 0.182. The number of rotatable bonds is 8. The van der Waals surface area contributed by atoms with Gasteiger partial charge in [-0.3, -0.25) is 0 Å². The van der Waals surface area contributed by atoms with Crippen LogP contribution < -0.4 is 26.2 Å². The molecule has 0 radical (unpaired) electrons. The number of benzene rings is 15. The van der Waals surface area contributed by atoms with Gasteiger partial charge in [0.2, 0.25) is 0 Å². The van der Waals surface area contributed by atoms with E-state index < -0.39 is 0 Å². The van der Waals surface area contributed by atoms with E-state index in [0.717, 1.165) is 90.2 Å². The van der Waals surface area contributed by atoms with E-state index in [4.69, 9.17) is 0 Å². The fourth-order valence-electron chi connectivity index (χ4n) is 19.5. The topological polar surface area (TPSA) is 26.2 Å². The summed E-state index contributed by atoms with van der Waals surface area (Å²) in [7, 11) is 0. The smallest absolute Gasteiger partial charge is 0.252 e. The van der Waals surface area contributed by atoms with Gasteiger partial charge in [0.05, 0.1) is 55.5 Å². The molecule has 0 unspecified atom stereocenters. The molecule has 6 nitrogen and oxygen atoms in total. The number of nitrogens with zero attached hydrogens (tertiary/aromatic N) is 6. The third kappa shape index (κ3) is 11.3. The number of hydrogen-bond donors (Lipinski definition) is 0. The van der Waals surface area contributed by atoms with Gasteiger partial charge < -0.3 is 28.1 Å². The van der Waals surface area contributed by atoms with Gasteiger partial charge in [-0.05, 0) is 233 Å². The first-order valence-electron chi connectivity index (χ1n) is 41.8. The fourth-order valence-corrected chi connectivity index (χ4v) is 19.5. The van der Waals surface area contributed by atoms with E-state index in [-0.39, 0.29) is 33.8 Å². The molecule has 117 heavy (non-hydrogen) atoms. The summed E-state index contributed by atoms with van der Waals surface area (Å²) in [5.74, 6) is 0. The normalized spacial score (nSPS) is 13.4. The maximum atomic E-state index is 2.71. The van der Waals surface area contributed by atoms with Crippen LogP contribution in [0.2, 0.25) is 0 Å². The van der Waals surface area contributed by atoms with Crippen LogP contribution in [0.1, 0.15) is 132 Å². The molecule has 7 heteroatoms. The molecule has 0 saturated heterocycles. The summed E-state index contributed by atoms with van der Waals surface area (Å²) >= 11 is 0. The van der Waals surface area contributed by atoms with Crippen molar-refractivity contribution in [1.29, 1.82) is 0 Å². The van der Waals surface area contributed by atoms with Crippen molar-refractivity contribution in [3.63, 3.8) is 0 Å². The monoisotopic (exact) mass is 1510 g/mol. The van der Waals surface area contributed by atoms with Crippen LogP contribution in [0.25, 0.3) is 132 Å². The molecule has 2 aliphatic heterocycles. The van der Waals surface area contributed by atoms with E-state index in [0.29, 0.717) is 0 Å². The van der Waals surface area contributed by atoms with Gasteiger partial charge in [0.1, 0.15) is 0 Å². The van der Waals surface area contributed by atoms with Crippen LogP contribution in [0.3, 0.4) is 0 Å². The van der Waals surface area contributed by atoms with E-state index in [2.05, 4.69) is 447 Å². The molecule has 15 aromatic carbocycles. The van der Waals surface area contributed by atoms with Gasteiger partial charge in [-0.1, -0.05) is 280 Å². The molecule has 570 valence electrons. The lowest BCUT2D eigenvalue weighted by Gasteiger charge is -2.45. The Morgan fingerprint density at radius 3 is 0.991 bits per heavy atom. The SMILES string of the molecule is CC(C)(C)c1cc2c3c(c1)N(c1cccc4c5cccc(-n6c7ccc(C(C)(C)C)cc7c7cc(C(C)(C)C)ccc76)c5n(-c5ccccc5)c14)c1cc(-n4c5ccccc5c5ccccc54)ccc1B3c1ccc(-n3c4ccc(C(C)(C)C)cc4c4cc(C(C)(C)C)ccc43)cc1N2c1cc(-c2ccccc2)cc(-c2ccccc2)c1. The summed E-state index contributed by atoms with van der Waals surface area (Å²) < 4.78 is 10.3. The number of fused-ring (bicyclic) bond motifs is 16. The zero-order valence-corrected chi connectivity index (χ0v) is 69.8. The molecule has 0 aliphatic carbocycles. The molecule has 2 aliphatic rings. The van der Waals surface area contributed by atoms with Crippen LogP contribution in [0.5, 0.6) is 0 Å². The zero-order valence-electron chi connectivity index (χ0n) is 69.8. The van der Waals surface area contributed by atoms with Gasteiger partial charge in [-0.2, -0.15) is 0 Å². The van der Waals surface area contributed by atoms with Gasteiger partial charge in [-0.25, -0.2) is 0 Å². The van der Waals surface area contributed by atoms with Gasteiger partial charge in [0.15, 0.2) is 0 Å². The van der Waals surface area contributed by atoms with Crippen molar-refractivity contribution < 1.29 is 0 Å². The van der Waals surface area contributed by atoms with Crippen molar-refractivity contribution in [2.24, 2.45) is 0 Å². The van der Waals surface area contributed by atoms with Crippen LogP contribution in [0.4, 0.5) is 34.1 Å². The molecule has 0 spiro atoms. The predicted octanol–water partition coefficient (Wildman–Crippen LogP) is 28.0. The Labute approximate surface area is 687 Å². The van der Waals surface area contributed by atoms with Gasteiger partial charge >= 0.3 is 0 Å². The molecule has 0 saturated carbocycles. The molecule has 19 aromatic rings. The summed E-state index contributed by atoms with van der Waals surface area (Å²) in [6.07, 6.45) is 0. The quantitative estimate of drug-likeness (QED) is 0.142. The second-order valence-electron chi connectivity index (χ2n) is 38.3. The van der Waals surface area contributed by atoms with Crippen molar-refractivity contribution in [3.05, 3.63) is 343 Å². The van der Waals surface area contributed by atoms with Gasteiger partial charge in [0, 0.05) is 88.6 Å². The molecule has 0 fully saturated rings. The predicted molar refractivity (Wildman–Crippen MR) is 502 cm³/mol. The second-order valence-corrected chi connectivity index (χ2v) is 38.3. The first-order valence-corrected chi connectivity index (χ1v) is 41.8. The first-order chi connectivity index (χ1) is 56.2. The lowest BCUT2D eigenvalue weighted by molar-refractivity contribution is 0.590. The van der Waals surface area contributed by atoms with Crippen molar-refractivity contribution in [2.45, 2.75) is 131 Å². The third-order valence-corrected chi connectivity index (χ3v) is 25.6. The molecule has 0 N–H and O–H groups in total. The molecule has 21 rings (SSSR count). The van der Waals surface area contributed by atoms with E-state index in [1.165, 1.54) is 120 Å². The van der Waals surface area contributed by atoms with Crippen LogP contribution in [0, 0.1) is 0 Å². The van der Waals surface area contributed by atoms with Crippen LogP contribution >= 0.6 is 0 Å². The summed E-state index contributed by atoms with van der Waals surface area (Å²) in [6.45, 7) is 35.0. The van der Waals surface area contributed by atoms with Crippen molar-refractivity contribution in [3.8, 4) is 45.0 Å². The summed E-state index contributed by atoms with van der Waals surface area (Å²) in [5, 5.41) is 9.85. The van der Waals surface area contributed by atoms with Crippen LogP contribution in [-0.4, -0.2) is 25.0 Å². The largest absolute Gasteiger partial charge is 0.311 e. The average molecular weight is 1510 g/mol. The van der Waals surface area contributed by atoms with Gasteiger partial charge in [0.25, 0.3) is 6.71 Å². The minimum atomic E-state index is -0.336. The highest BCUT2D eigenvalue weighted by atomic mass is 15.2. The van der Waals surface area contributed by atoms with E-state index >= 15 is 0 Å². The maximum Gasteiger partial charge on any atom is 0.252 e. The Morgan fingerprint density at radius 2 is 0.556 bits per heavy atom. The molecule has 0 atom stereocenters. The van der Waals surface area contributed by atoms with E-state index in [1.807, 2.05) is 0 Å². The first kappa shape index (κ1) is 71.9. The Hall–Kier alpha value is -12.8. The van der Waals surface area contributed by atoms with Gasteiger partial charge in [-0.15, -0.1) is 0 Å². The Morgan fingerprint density at radius 1 is 0.197 bits per heavy atom. The standard InChI is InChI=1S/C110H97BN6/c1-106(2,3)72-45-53-93-85(60-72)86-61-73(107(4,5)6)46-54-94(86)113(93)78-49-51-89-99(66-78)114(80-58-70(68-31-19-16-20-32-68)57-71(59-80)69-33-21-17-22-34-69)101-64-76(110(13,14)15)65-102-103(101)111(89)90-52-50-79(112-91-41-27-25-37-81(91)82-38-26-28-42-92(82)112)67-100(90)117(102)98-44-30-40-84-83-39-29-43-97(104(83)115(105(84)98)77-35-23-18-24-36-77)116-95-55-47-74(108(7,8)9)62-87(95)88-63-75(109(10,11)12)48-56-96(88)116/h16-67H,1-15H3. The molecular formula is C110H97BN6. The van der Waals surface area contributed by atoms with E-state index in [1.54, 1.807) is 0 Å². The number of para-hydroxylation sites is 5. The number of anilines is 6. The highest BCUT2D eigenvalue weighted by Crippen LogP contribution is 2.53. The minimum absolute atomic E-state index is 0.0586. The third-order valence-electron chi connectivity index (χ3n) is 25.6. The second kappa shape index (κ2) is 25.8. The highest BCUT2D eigenvalue weighted by molar-refractivity contribution is 7.00. The summed E-state index contributed by atoms with van der Waals surface area (Å²) in [6, 6.07) is 122. The van der Waals surface area contributed by atoms with Crippen molar-refractivity contribution >= 4 is 144 Å². The maximum absolute atomic E-state index is 2.71. The Balaban J connectivity index is 0.900. The lowest BCUT2D eigenvalue weighted by atomic mass is 9.33. The molecule has 6 heterocycles. The molecule has 0 amide bonds. The van der Waals surface area contributed by atoms with Crippen molar-refractivity contribution in [1.82, 2.24) is 18.3 Å². The minimum Gasteiger partial charge on any atom is -0.311 e. The van der Waals surface area contributed by atoms with Crippen LogP contribution in [0.15, 0.2) is 315 Å². The zero-order chi connectivity index (χ0) is 80.3. The lowest BCUT2D eigenvalue weighted by Crippen LogP contribution is -2.61. The summed E-state index contributed by atoms with van der Waals surface area (Å²) in [5.41, 5.74) is 34.7. The highest BCUT2D eigenvalue weighted by Gasteiger charge is 2.46. The van der Waals surface area contributed by atoms with E-state index in [9.17, 15) is 0 Å². The number of aromatic nitrogens is 4.